The zero-order valence-corrected chi connectivity index (χ0v) is 11.7. The van der Waals surface area contributed by atoms with Gasteiger partial charge in [0.25, 0.3) is 5.91 Å². The first kappa shape index (κ1) is 14.3. The van der Waals surface area contributed by atoms with Crippen molar-refractivity contribution in [3.8, 4) is 5.75 Å². The van der Waals surface area contributed by atoms with Gasteiger partial charge in [-0.15, -0.1) is 0 Å². The molecule has 1 amide bonds. The van der Waals surface area contributed by atoms with Gasteiger partial charge in [0, 0.05) is 18.0 Å². The molecule has 1 aromatic heterocycles. The summed E-state index contributed by atoms with van der Waals surface area (Å²) in [4.78, 5) is 15.8. The van der Waals surface area contributed by atoms with Crippen molar-refractivity contribution in [1.82, 2.24) is 20.5 Å². The SMILES string of the molecule is CC(Oc1cccc(Cl)c1)C(=O)NCCc1ncn[nH]1. The fraction of sp³-hybridized carbons (Fsp3) is 0.308. The van der Waals surface area contributed by atoms with Crippen LogP contribution >= 0.6 is 11.6 Å². The number of benzene rings is 1. The van der Waals surface area contributed by atoms with Crippen molar-refractivity contribution in [2.24, 2.45) is 0 Å². The summed E-state index contributed by atoms with van der Waals surface area (Å²) in [5, 5.41) is 9.80. The molecule has 0 bridgehead atoms. The van der Waals surface area contributed by atoms with E-state index in [-0.39, 0.29) is 5.91 Å². The van der Waals surface area contributed by atoms with Crippen LogP contribution in [-0.4, -0.2) is 33.7 Å². The maximum absolute atomic E-state index is 11.8. The third-order valence-electron chi connectivity index (χ3n) is 2.60. The Bertz CT molecular complexity index is 559. The number of nitrogens with zero attached hydrogens (tertiary/aromatic N) is 2. The standard InChI is InChI=1S/C13H15ClN4O2/c1-9(20-11-4-2-3-10(14)7-11)13(19)15-6-5-12-16-8-17-18-12/h2-4,7-9H,5-6H2,1H3,(H,15,19)(H,16,17,18). The number of hydrogen-bond donors (Lipinski definition) is 2. The lowest BCUT2D eigenvalue weighted by Gasteiger charge is -2.14. The predicted molar refractivity (Wildman–Crippen MR) is 74.6 cm³/mol. The molecule has 0 saturated heterocycles. The molecule has 106 valence electrons. The minimum atomic E-state index is -0.594. The number of aromatic nitrogens is 3. The number of aromatic amines is 1. The largest absolute Gasteiger partial charge is 0.481 e. The highest BCUT2D eigenvalue weighted by atomic mass is 35.5. The molecule has 1 aromatic carbocycles. The third-order valence-corrected chi connectivity index (χ3v) is 2.84. The molecule has 1 unspecified atom stereocenters. The van der Waals surface area contributed by atoms with Crippen LogP contribution < -0.4 is 10.1 Å². The van der Waals surface area contributed by atoms with Crippen LogP contribution in [0.25, 0.3) is 0 Å². The van der Waals surface area contributed by atoms with Crippen molar-refractivity contribution in [1.29, 1.82) is 0 Å². The van der Waals surface area contributed by atoms with Gasteiger partial charge in [0.05, 0.1) is 0 Å². The first-order valence-corrected chi connectivity index (χ1v) is 6.57. The Hall–Kier alpha value is -2.08. The van der Waals surface area contributed by atoms with Gasteiger partial charge in [0.15, 0.2) is 6.10 Å². The molecule has 1 heterocycles. The molecular formula is C13H15ClN4O2. The van der Waals surface area contributed by atoms with Gasteiger partial charge in [0.2, 0.25) is 0 Å². The lowest BCUT2D eigenvalue weighted by molar-refractivity contribution is -0.127. The molecule has 7 heteroatoms. The Morgan fingerprint density at radius 1 is 1.55 bits per heavy atom. The quantitative estimate of drug-likeness (QED) is 0.848. The fourth-order valence-electron chi connectivity index (χ4n) is 1.60. The molecule has 0 aliphatic heterocycles. The third kappa shape index (κ3) is 4.24. The molecule has 0 fully saturated rings. The second-order valence-corrected chi connectivity index (χ2v) is 4.63. The average Bonchev–Trinajstić information content (AvgIpc) is 2.91. The summed E-state index contributed by atoms with van der Waals surface area (Å²) in [5.41, 5.74) is 0. The van der Waals surface area contributed by atoms with Crippen LogP contribution in [0.15, 0.2) is 30.6 Å². The van der Waals surface area contributed by atoms with E-state index in [4.69, 9.17) is 16.3 Å². The second-order valence-electron chi connectivity index (χ2n) is 4.19. The van der Waals surface area contributed by atoms with Crippen LogP contribution in [0.3, 0.4) is 0 Å². The summed E-state index contributed by atoms with van der Waals surface area (Å²) in [7, 11) is 0. The van der Waals surface area contributed by atoms with Gasteiger partial charge >= 0.3 is 0 Å². The van der Waals surface area contributed by atoms with Gasteiger partial charge < -0.3 is 10.1 Å². The number of H-pyrrole nitrogens is 1. The Labute approximate surface area is 121 Å². The Kier molecular flexibility index (Phi) is 4.95. The highest BCUT2D eigenvalue weighted by Crippen LogP contribution is 2.18. The van der Waals surface area contributed by atoms with E-state index in [0.29, 0.717) is 23.7 Å². The van der Waals surface area contributed by atoms with E-state index in [9.17, 15) is 4.79 Å². The van der Waals surface area contributed by atoms with Gasteiger partial charge in [-0.2, -0.15) is 5.10 Å². The number of hydrogen-bond acceptors (Lipinski definition) is 4. The first-order valence-electron chi connectivity index (χ1n) is 6.19. The summed E-state index contributed by atoms with van der Waals surface area (Å²) in [6, 6.07) is 6.94. The fourth-order valence-corrected chi connectivity index (χ4v) is 1.78. The molecule has 1 atom stereocenters. The Morgan fingerprint density at radius 2 is 2.40 bits per heavy atom. The molecule has 20 heavy (non-hydrogen) atoms. The zero-order chi connectivity index (χ0) is 14.4. The van der Waals surface area contributed by atoms with Crippen LogP contribution in [0, 0.1) is 0 Å². The van der Waals surface area contributed by atoms with Gasteiger partial charge in [-0.25, -0.2) is 4.98 Å². The lowest BCUT2D eigenvalue weighted by Crippen LogP contribution is -2.37. The highest BCUT2D eigenvalue weighted by molar-refractivity contribution is 6.30. The molecule has 6 nitrogen and oxygen atoms in total. The normalized spacial score (nSPS) is 11.9. The Balaban J connectivity index is 1.77. The van der Waals surface area contributed by atoms with Gasteiger partial charge in [-0.3, -0.25) is 9.89 Å². The van der Waals surface area contributed by atoms with Crippen molar-refractivity contribution in [3.63, 3.8) is 0 Å². The minimum Gasteiger partial charge on any atom is -0.481 e. The minimum absolute atomic E-state index is 0.190. The number of amides is 1. The molecule has 0 aliphatic carbocycles. The number of carbonyl (C=O) groups is 1. The van der Waals surface area contributed by atoms with E-state index in [1.54, 1.807) is 31.2 Å². The topological polar surface area (TPSA) is 79.9 Å². The molecule has 0 aliphatic rings. The molecule has 0 spiro atoms. The number of halogens is 1. The smallest absolute Gasteiger partial charge is 0.260 e. The average molecular weight is 295 g/mol. The van der Waals surface area contributed by atoms with Crippen molar-refractivity contribution in [2.75, 3.05) is 6.54 Å². The summed E-state index contributed by atoms with van der Waals surface area (Å²) < 4.78 is 5.51. The van der Waals surface area contributed by atoms with E-state index in [1.807, 2.05) is 0 Å². The van der Waals surface area contributed by atoms with Gasteiger partial charge in [0.1, 0.15) is 17.9 Å². The Morgan fingerprint density at radius 3 is 3.10 bits per heavy atom. The molecular weight excluding hydrogens is 280 g/mol. The van der Waals surface area contributed by atoms with Crippen LogP contribution in [0.4, 0.5) is 0 Å². The molecule has 0 radical (unpaired) electrons. The van der Waals surface area contributed by atoms with Crippen molar-refractivity contribution < 1.29 is 9.53 Å². The van der Waals surface area contributed by atoms with E-state index in [1.165, 1.54) is 6.33 Å². The molecule has 2 aromatic rings. The maximum atomic E-state index is 11.8. The highest BCUT2D eigenvalue weighted by Gasteiger charge is 2.14. The van der Waals surface area contributed by atoms with Gasteiger partial charge in [-0.1, -0.05) is 17.7 Å². The molecule has 0 saturated carbocycles. The molecule has 2 rings (SSSR count). The second kappa shape index (κ2) is 6.91. The van der Waals surface area contributed by atoms with Gasteiger partial charge in [-0.05, 0) is 25.1 Å². The summed E-state index contributed by atoms with van der Waals surface area (Å²) in [6.45, 7) is 2.15. The molecule has 2 N–H and O–H groups in total. The lowest BCUT2D eigenvalue weighted by atomic mass is 10.3. The number of carbonyl (C=O) groups excluding carboxylic acids is 1. The van der Waals surface area contributed by atoms with Crippen LogP contribution in [0.1, 0.15) is 12.7 Å². The number of ether oxygens (including phenoxy) is 1. The summed E-state index contributed by atoms with van der Waals surface area (Å²) >= 11 is 5.85. The van der Waals surface area contributed by atoms with Crippen LogP contribution in [0.2, 0.25) is 5.02 Å². The predicted octanol–water partition coefficient (Wildman–Crippen LogP) is 1.58. The van der Waals surface area contributed by atoms with Crippen LogP contribution in [0.5, 0.6) is 5.75 Å². The maximum Gasteiger partial charge on any atom is 0.260 e. The zero-order valence-electron chi connectivity index (χ0n) is 11.0. The van der Waals surface area contributed by atoms with E-state index >= 15 is 0 Å². The summed E-state index contributed by atoms with van der Waals surface area (Å²) in [5.74, 6) is 1.11. The monoisotopic (exact) mass is 294 g/mol. The number of nitrogens with one attached hydrogen (secondary N) is 2. The van der Waals surface area contributed by atoms with Crippen molar-refractivity contribution in [3.05, 3.63) is 41.4 Å². The number of rotatable bonds is 6. The summed E-state index contributed by atoms with van der Waals surface area (Å²) in [6.07, 6.45) is 1.43. The van der Waals surface area contributed by atoms with Crippen LogP contribution in [-0.2, 0) is 11.2 Å². The van der Waals surface area contributed by atoms with Crippen molar-refractivity contribution >= 4 is 17.5 Å². The van der Waals surface area contributed by atoms with Crippen molar-refractivity contribution in [2.45, 2.75) is 19.4 Å². The van der Waals surface area contributed by atoms with E-state index in [2.05, 4.69) is 20.5 Å². The first-order chi connectivity index (χ1) is 9.65. The van der Waals surface area contributed by atoms with E-state index in [0.717, 1.165) is 5.82 Å². The van der Waals surface area contributed by atoms with E-state index < -0.39 is 6.10 Å².